The third-order valence-corrected chi connectivity index (χ3v) is 4.59. The molecular weight excluding hydrogens is 417 g/mol. The fourth-order valence-corrected chi connectivity index (χ4v) is 2.98. The van der Waals surface area contributed by atoms with E-state index in [-0.39, 0.29) is 36.2 Å². The molecule has 2 heterocycles. The summed E-state index contributed by atoms with van der Waals surface area (Å²) >= 11 is 0. The van der Waals surface area contributed by atoms with Crippen molar-refractivity contribution in [1.82, 2.24) is 25.2 Å². The largest absolute Gasteiger partial charge is 0.496 e. The molecule has 0 fully saturated rings. The molecule has 1 N–H and O–H groups in total. The predicted octanol–water partition coefficient (Wildman–Crippen LogP) is 2.42. The van der Waals surface area contributed by atoms with Gasteiger partial charge in [-0.25, -0.2) is 9.07 Å². The maximum absolute atomic E-state index is 13.1. The molecule has 10 heteroatoms. The van der Waals surface area contributed by atoms with Crippen molar-refractivity contribution in [1.29, 1.82) is 0 Å². The van der Waals surface area contributed by atoms with Crippen LogP contribution >= 0.6 is 0 Å². The number of aromatic nitrogens is 4. The lowest BCUT2D eigenvalue weighted by Crippen LogP contribution is -2.24. The first-order chi connectivity index (χ1) is 15.5. The van der Waals surface area contributed by atoms with Gasteiger partial charge in [-0.05, 0) is 36.4 Å². The number of benzene rings is 2. The van der Waals surface area contributed by atoms with E-state index in [2.05, 4.69) is 20.6 Å². The van der Waals surface area contributed by atoms with Crippen LogP contribution in [0.1, 0.15) is 22.1 Å². The van der Waals surface area contributed by atoms with E-state index in [1.165, 1.54) is 18.2 Å². The topological polar surface area (TPSA) is 112 Å². The second kappa shape index (κ2) is 9.21. The number of nitrogens with zero attached hydrogens (tertiary/aromatic N) is 4. The molecule has 0 spiro atoms. The molecule has 9 nitrogen and oxygen atoms in total. The molecule has 0 bridgehead atoms. The third kappa shape index (κ3) is 4.69. The first-order valence-electron chi connectivity index (χ1n) is 9.60. The minimum absolute atomic E-state index is 0.100. The Morgan fingerprint density at radius 2 is 1.91 bits per heavy atom. The minimum Gasteiger partial charge on any atom is -0.496 e. The van der Waals surface area contributed by atoms with E-state index in [9.17, 15) is 14.0 Å². The summed E-state index contributed by atoms with van der Waals surface area (Å²) in [6.07, 6.45) is 0. The van der Waals surface area contributed by atoms with Crippen LogP contribution in [-0.4, -0.2) is 32.9 Å². The lowest BCUT2D eigenvalue weighted by atomic mass is 10.1. The van der Waals surface area contributed by atoms with Gasteiger partial charge in [0, 0.05) is 23.7 Å². The Bertz CT molecular complexity index is 1300. The Kier molecular flexibility index (Phi) is 6.02. The van der Waals surface area contributed by atoms with E-state index in [1.54, 1.807) is 31.4 Å². The predicted molar refractivity (Wildman–Crippen MR) is 111 cm³/mol. The number of carbonyl (C=O) groups is 1. The van der Waals surface area contributed by atoms with E-state index in [0.717, 1.165) is 10.2 Å². The molecule has 2 aromatic carbocycles. The highest BCUT2D eigenvalue weighted by molar-refractivity contribution is 5.89. The maximum atomic E-state index is 13.1. The molecule has 0 aliphatic carbocycles. The zero-order valence-electron chi connectivity index (χ0n) is 17.0. The SMILES string of the molecule is COc1ccccc1CNC(=O)c1nc(Cn2nc(-c3ccc(F)cc3)ccc2=O)no1. The number of rotatable bonds is 7. The molecule has 0 unspecified atom stereocenters. The number of para-hydroxylation sites is 1. The Labute approximate surface area is 181 Å². The highest BCUT2D eigenvalue weighted by atomic mass is 19.1. The van der Waals surface area contributed by atoms with Crippen molar-refractivity contribution >= 4 is 5.91 Å². The molecule has 0 saturated heterocycles. The van der Waals surface area contributed by atoms with Crippen LogP contribution in [0.15, 0.2) is 70.0 Å². The number of amides is 1. The van der Waals surface area contributed by atoms with Crippen LogP contribution in [0.2, 0.25) is 0 Å². The normalized spacial score (nSPS) is 10.7. The summed E-state index contributed by atoms with van der Waals surface area (Å²) in [5, 5.41) is 10.7. The molecule has 0 atom stereocenters. The van der Waals surface area contributed by atoms with Gasteiger partial charge in [0.05, 0.1) is 12.8 Å². The van der Waals surface area contributed by atoms with Gasteiger partial charge in [0.25, 0.3) is 5.56 Å². The van der Waals surface area contributed by atoms with Crippen molar-refractivity contribution in [3.8, 4) is 17.0 Å². The van der Waals surface area contributed by atoms with Crippen LogP contribution in [0.4, 0.5) is 4.39 Å². The highest BCUT2D eigenvalue weighted by Crippen LogP contribution is 2.17. The Balaban J connectivity index is 1.46. The van der Waals surface area contributed by atoms with E-state index < -0.39 is 5.91 Å². The monoisotopic (exact) mass is 435 g/mol. The average molecular weight is 435 g/mol. The number of ether oxygens (including phenoxy) is 1. The van der Waals surface area contributed by atoms with Crippen molar-refractivity contribution < 1.29 is 18.4 Å². The fraction of sp³-hybridized carbons (Fsp3) is 0.136. The summed E-state index contributed by atoms with van der Waals surface area (Å²) in [7, 11) is 1.55. The quantitative estimate of drug-likeness (QED) is 0.474. The van der Waals surface area contributed by atoms with Crippen LogP contribution in [0.25, 0.3) is 11.3 Å². The lowest BCUT2D eigenvalue weighted by molar-refractivity contribution is 0.0906. The summed E-state index contributed by atoms with van der Waals surface area (Å²) in [5.74, 6) is -0.415. The van der Waals surface area contributed by atoms with Gasteiger partial charge in [-0.2, -0.15) is 10.1 Å². The zero-order chi connectivity index (χ0) is 22.5. The first kappa shape index (κ1) is 20.9. The van der Waals surface area contributed by atoms with Crippen LogP contribution in [0.5, 0.6) is 5.75 Å². The summed E-state index contributed by atoms with van der Waals surface area (Å²) in [6.45, 7) is 0.110. The van der Waals surface area contributed by atoms with E-state index >= 15 is 0 Å². The Hall–Kier alpha value is -4.34. The second-order valence-corrected chi connectivity index (χ2v) is 6.73. The molecule has 0 saturated carbocycles. The van der Waals surface area contributed by atoms with E-state index in [1.807, 2.05) is 18.2 Å². The molecule has 4 rings (SSSR count). The molecule has 0 aliphatic heterocycles. The van der Waals surface area contributed by atoms with Crippen LogP contribution in [0.3, 0.4) is 0 Å². The number of carbonyl (C=O) groups excluding carboxylic acids is 1. The van der Waals surface area contributed by atoms with E-state index in [0.29, 0.717) is 17.0 Å². The molecule has 1 amide bonds. The lowest BCUT2D eigenvalue weighted by Gasteiger charge is -2.08. The Morgan fingerprint density at radius 3 is 2.69 bits per heavy atom. The van der Waals surface area contributed by atoms with E-state index in [4.69, 9.17) is 9.26 Å². The molecule has 32 heavy (non-hydrogen) atoms. The summed E-state index contributed by atoms with van der Waals surface area (Å²) < 4.78 is 24.6. The standard InChI is InChI=1S/C22H18FN5O4/c1-31-18-5-3-2-4-15(18)12-24-21(30)22-25-19(27-32-22)13-28-20(29)11-10-17(26-28)14-6-8-16(23)9-7-14/h2-11H,12-13H2,1H3,(H,24,30). The molecular formula is C22H18FN5O4. The Morgan fingerprint density at radius 1 is 1.12 bits per heavy atom. The van der Waals surface area contributed by atoms with Gasteiger partial charge in [-0.15, -0.1) is 0 Å². The summed E-state index contributed by atoms with van der Waals surface area (Å²) in [6, 6.07) is 15.9. The number of halogens is 1. The smallest absolute Gasteiger partial charge is 0.316 e. The van der Waals surface area contributed by atoms with Crippen LogP contribution in [-0.2, 0) is 13.1 Å². The van der Waals surface area contributed by atoms with Crippen molar-refractivity contribution in [2.24, 2.45) is 0 Å². The second-order valence-electron chi connectivity index (χ2n) is 6.73. The van der Waals surface area contributed by atoms with Crippen molar-refractivity contribution in [3.05, 3.63) is 94.1 Å². The summed E-state index contributed by atoms with van der Waals surface area (Å²) in [5.41, 5.74) is 1.52. The molecule has 0 aliphatic rings. The van der Waals surface area contributed by atoms with Crippen molar-refractivity contribution in [3.63, 3.8) is 0 Å². The molecule has 162 valence electrons. The summed E-state index contributed by atoms with van der Waals surface area (Å²) in [4.78, 5) is 28.6. The third-order valence-electron chi connectivity index (χ3n) is 4.59. The highest BCUT2D eigenvalue weighted by Gasteiger charge is 2.16. The maximum Gasteiger partial charge on any atom is 0.316 e. The van der Waals surface area contributed by atoms with Gasteiger partial charge in [-0.3, -0.25) is 9.59 Å². The minimum atomic E-state index is -0.560. The van der Waals surface area contributed by atoms with Crippen molar-refractivity contribution in [2.45, 2.75) is 13.1 Å². The van der Waals surface area contributed by atoms with Gasteiger partial charge >= 0.3 is 11.8 Å². The van der Waals surface area contributed by atoms with Gasteiger partial charge in [-0.1, -0.05) is 23.4 Å². The number of methoxy groups -OCH3 is 1. The molecule has 0 radical (unpaired) electrons. The van der Waals surface area contributed by atoms with Crippen molar-refractivity contribution in [2.75, 3.05) is 7.11 Å². The van der Waals surface area contributed by atoms with Crippen LogP contribution in [0, 0.1) is 5.82 Å². The number of hydrogen-bond acceptors (Lipinski definition) is 7. The zero-order valence-corrected chi connectivity index (χ0v) is 17.0. The molecule has 2 aromatic heterocycles. The van der Waals surface area contributed by atoms with Gasteiger partial charge in [0.15, 0.2) is 5.82 Å². The first-order valence-corrected chi connectivity index (χ1v) is 9.60. The number of hydrogen-bond donors (Lipinski definition) is 1. The van der Waals surface area contributed by atoms with Crippen LogP contribution < -0.4 is 15.6 Å². The van der Waals surface area contributed by atoms with Gasteiger partial charge in [0.1, 0.15) is 18.1 Å². The van der Waals surface area contributed by atoms with Gasteiger partial charge in [0.2, 0.25) is 0 Å². The average Bonchev–Trinajstić information content (AvgIpc) is 3.28. The van der Waals surface area contributed by atoms with Gasteiger partial charge < -0.3 is 14.6 Å². The molecule has 4 aromatic rings. The number of nitrogens with one attached hydrogen (secondary N) is 1. The fourth-order valence-electron chi connectivity index (χ4n) is 2.98.